The molecular formula is C12H13BrClN3. The van der Waals surface area contributed by atoms with Crippen LogP contribution >= 0.6 is 27.5 Å². The first-order chi connectivity index (χ1) is 7.99. The molecule has 3 nitrogen and oxygen atoms in total. The highest BCUT2D eigenvalue weighted by molar-refractivity contribution is 9.10. The van der Waals surface area contributed by atoms with Crippen LogP contribution in [0.2, 0.25) is 5.02 Å². The number of aryl methyl sites for hydroxylation is 1. The van der Waals surface area contributed by atoms with Crippen LogP contribution in [0.1, 0.15) is 24.2 Å². The third-order valence-corrected chi connectivity index (χ3v) is 3.59. The third kappa shape index (κ3) is 2.54. The Balaban J connectivity index is 2.46. The van der Waals surface area contributed by atoms with E-state index in [1.54, 1.807) is 10.9 Å². The molecule has 0 bridgehead atoms. The zero-order chi connectivity index (χ0) is 12.6. The van der Waals surface area contributed by atoms with Gasteiger partial charge in [0, 0.05) is 16.7 Å². The molecule has 17 heavy (non-hydrogen) atoms. The fourth-order valence-corrected chi connectivity index (χ4v) is 2.26. The van der Waals surface area contributed by atoms with E-state index >= 15 is 0 Å². The SMILES string of the molecule is Cc1nn(-c2ccc([C@@H](C)N)cc2Br)cc1Cl. The lowest BCUT2D eigenvalue weighted by molar-refractivity contribution is 0.811. The molecule has 0 radical (unpaired) electrons. The highest BCUT2D eigenvalue weighted by Gasteiger charge is 2.09. The van der Waals surface area contributed by atoms with Crippen molar-refractivity contribution in [2.24, 2.45) is 5.73 Å². The van der Waals surface area contributed by atoms with Crippen LogP contribution in [0.4, 0.5) is 0 Å². The number of halogens is 2. The maximum absolute atomic E-state index is 5.99. The van der Waals surface area contributed by atoms with Crippen molar-refractivity contribution in [3.63, 3.8) is 0 Å². The van der Waals surface area contributed by atoms with Gasteiger partial charge in [0.25, 0.3) is 0 Å². The van der Waals surface area contributed by atoms with E-state index < -0.39 is 0 Å². The number of hydrogen-bond donors (Lipinski definition) is 1. The normalized spacial score (nSPS) is 12.8. The summed E-state index contributed by atoms with van der Waals surface area (Å²) in [4.78, 5) is 0. The second kappa shape index (κ2) is 4.80. The van der Waals surface area contributed by atoms with Gasteiger partial charge in [-0.3, -0.25) is 0 Å². The summed E-state index contributed by atoms with van der Waals surface area (Å²) in [6.07, 6.45) is 1.79. The first-order valence-corrected chi connectivity index (χ1v) is 6.43. The van der Waals surface area contributed by atoms with Crippen molar-refractivity contribution in [1.82, 2.24) is 9.78 Å². The van der Waals surface area contributed by atoms with Crippen molar-refractivity contribution in [3.8, 4) is 5.69 Å². The van der Waals surface area contributed by atoms with E-state index in [2.05, 4.69) is 21.0 Å². The van der Waals surface area contributed by atoms with Crippen LogP contribution in [0.5, 0.6) is 0 Å². The van der Waals surface area contributed by atoms with Gasteiger partial charge in [0.05, 0.1) is 16.4 Å². The molecule has 0 spiro atoms. The zero-order valence-corrected chi connectivity index (χ0v) is 12.0. The van der Waals surface area contributed by atoms with Gasteiger partial charge >= 0.3 is 0 Å². The van der Waals surface area contributed by atoms with Crippen molar-refractivity contribution in [1.29, 1.82) is 0 Å². The summed E-state index contributed by atoms with van der Waals surface area (Å²) in [7, 11) is 0. The second-order valence-corrected chi connectivity index (χ2v) is 5.27. The monoisotopic (exact) mass is 313 g/mol. The maximum atomic E-state index is 5.99. The molecule has 0 saturated carbocycles. The number of nitrogens with zero attached hydrogens (tertiary/aromatic N) is 2. The average Bonchev–Trinajstić information content (AvgIpc) is 2.58. The van der Waals surface area contributed by atoms with Crippen LogP contribution in [0.15, 0.2) is 28.9 Å². The Bertz CT molecular complexity index is 529. The highest BCUT2D eigenvalue weighted by Crippen LogP contribution is 2.26. The van der Waals surface area contributed by atoms with Gasteiger partial charge in [-0.2, -0.15) is 5.10 Å². The lowest BCUT2D eigenvalue weighted by Crippen LogP contribution is -2.05. The van der Waals surface area contributed by atoms with Crippen molar-refractivity contribution in [2.45, 2.75) is 19.9 Å². The lowest BCUT2D eigenvalue weighted by atomic mass is 10.1. The van der Waals surface area contributed by atoms with Crippen molar-refractivity contribution < 1.29 is 0 Å². The largest absolute Gasteiger partial charge is 0.324 e. The molecule has 0 saturated heterocycles. The molecule has 0 aliphatic rings. The maximum Gasteiger partial charge on any atom is 0.0819 e. The Morgan fingerprint density at radius 1 is 1.47 bits per heavy atom. The zero-order valence-electron chi connectivity index (χ0n) is 9.61. The van der Waals surface area contributed by atoms with E-state index in [1.807, 2.05) is 32.0 Å². The Morgan fingerprint density at radius 3 is 2.65 bits per heavy atom. The first-order valence-electron chi connectivity index (χ1n) is 5.26. The van der Waals surface area contributed by atoms with Gasteiger partial charge in [0.2, 0.25) is 0 Å². The minimum absolute atomic E-state index is 0.0169. The number of benzene rings is 1. The first kappa shape index (κ1) is 12.6. The average molecular weight is 315 g/mol. The molecule has 2 aromatic rings. The molecule has 1 aromatic carbocycles. The number of hydrogen-bond acceptors (Lipinski definition) is 2. The van der Waals surface area contributed by atoms with E-state index in [1.165, 1.54) is 0 Å². The van der Waals surface area contributed by atoms with Crippen LogP contribution in [-0.2, 0) is 0 Å². The second-order valence-electron chi connectivity index (χ2n) is 4.01. The van der Waals surface area contributed by atoms with Gasteiger partial charge in [-0.1, -0.05) is 17.7 Å². The molecule has 1 heterocycles. The smallest absolute Gasteiger partial charge is 0.0819 e. The predicted octanol–water partition coefficient (Wildman–Crippen LogP) is 3.62. The fourth-order valence-electron chi connectivity index (χ4n) is 1.55. The van der Waals surface area contributed by atoms with E-state index in [4.69, 9.17) is 17.3 Å². The van der Waals surface area contributed by atoms with E-state index in [0.29, 0.717) is 5.02 Å². The summed E-state index contributed by atoms with van der Waals surface area (Å²) in [5, 5.41) is 5.00. The van der Waals surface area contributed by atoms with Crippen molar-refractivity contribution in [3.05, 3.63) is 45.1 Å². The van der Waals surface area contributed by atoms with Gasteiger partial charge in [0.1, 0.15) is 0 Å². The Kier molecular flexibility index (Phi) is 3.56. The van der Waals surface area contributed by atoms with Crippen molar-refractivity contribution in [2.75, 3.05) is 0 Å². The number of nitrogens with two attached hydrogens (primary N) is 1. The van der Waals surface area contributed by atoms with Crippen molar-refractivity contribution >= 4 is 27.5 Å². The lowest BCUT2D eigenvalue weighted by Gasteiger charge is -2.09. The molecule has 0 aliphatic carbocycles. The molecule has 0 aliphatic heterocycles. The quantitative estimate of drug-likeness (QED) is 0.920. The van der Waals surface area contributed by atoms with E-state index in [9.17, 15) is 0 Å². The Morgan fingerprint density at radius 2 is 2.18 bits per heavy atom. The number of aromatic nitrogens is 2. The molecular weight excluding hydrogens is 302 g/mol. The number of rotatable bonds is 2. The summed E-state index contributed by atoms with van der Waals surface area (Å²) in [6, 6.07) is 6.00. The Labute approximate surface area is 114 Å². The van der Waals surface area contributed by atoms with Gasteiger partial charge < -0.3 is 5.73 Å². The molecule has 1 aromatic heterocycles. The molecule has 2 N–H and O–H groups in total. The minimum Gasteiger partial charge on any atom is -0.324 e. The fraction of sp³-hybridized carbons (Fsp3) is 0.250. The summed E-state index contributed by atoms with van der Waals surface area (Å²) >= 11 is 9.52. The van der Waals surface area contributed by atoms with Gasteiger partial charge in [-0.05, 0) is 47.5 Å². The molecule has 0 amide bonds. The molecule has 5 heteroatoms. The van der Waals surface area contributed by atoms with Gasteiger partial charge in [-0.25, -0.2) is 4.68 Å². The van der Waals surface area contributed by atoms with E-state index in [-0.39, 0.29) is 6.04 Å². The third-order valence-electron chi connectivity index (χ3n) is 2.58. The van der Waals surface area contributed by atoms with E-state index in [0.717, 1.165) is 21.4 Å². The summed E-state index contributed by atoms with van der Waals surface area (Å²) < 4.78 is 2.71. The summed E-state index contributed by atoms with van der Waals surface area (Å²) in [6.45, 7) is 3.83. The summed E-state index contributed by atoms with van der Waals surface area (Å²) in [5.41, 5.74) is 8.68. The summed E-state index contributed by atoms with van der Waals surface area (Å²) in [5.74, 6) is 0. The van der Waals surface area contributed by atoms with Gasteiger partial charge in [-0.15, -0.1) is 0 Å². The van der Waals surface area contributed by atoms with Crippen LogP contribution in [-0.4, -0.2) is 9.78 Å². The van der Waals surface area contributed by atoms with Gasteiger partial charge in [0.15, 0.2) is 0 Å². The predicted molar refractivity (Wildman–Crippen MR) is 73.6 cm³/mol. The molecule has 1 atom stereocenters. The van der Waals surface area contributed by atoms with Crippen LogP contribution in [0, 0.1) is 6.92 Å². The topological polar surface area (TPSA) is 43.8 Å². The molecule has 0 fully saturated rings. The molecule has 90 valence electrons. The van der Waals surface area contributed by atoms with Crippen LogP contribution < -0.4 is 5.73 Å². The molecule has 2 rings (SSSR count). The Hall–Kier alpha value is -0.840. The molecule has 0 unspecified atom stereocenters. The minimum atomic E-state index is 0.0169. The van der Waals surface area contributed by atoms with Crippen LogP contribution in [0.3, 0.4) is 0 Å². The standard InChI is InChI=1S/C12H13BrClN3/c1-7(15)9-3-4-12(10(13)5-9)17-6-11(14)8(2)16-17/h3-7H,15H2,1-2H3/t7-/m1/s1. The van der Waals surface area contributed by atoms with Crippen LogP contribution in [0.25, 0.3) is 5.69 Å². The highest BCUT2D eigenvalue weighted by atomic mass is 79.9.